The molecule has 22 heavy (non-hydrogen) atoms. The molecule has 2 nitrogen and oxygen atoms in total. The van der Waals surface area contributed by atoms with Gasteiger partial charge >= 0.3 is 0 Å². The van der Waals surface area contributed by atoms with Gasteiger partial charge in [0.2, 0.25) is 0 Å². The van der Waals surface area contributed by atoms with E-state index in [9.17, 15) is 0 Å². The van der Waals surface area contributed by atoms with Crippen LogP contribution >= 0.6 is 0 Å². The van der Waals surface area contributed by atoms with Crippen molar-refractivity contribution in [3.8, 4) is 5.75 Å². The van der Waals surface area contributed by atoms with E-state index in [-0.39, 0.29) is 5.54 Å². The molecule has 0 saturated heterocycles. The maximum Gasteiger partial charge on any atom is 0.119 e. The van der Waals surface area contributed by atoms with Gasteiger partial charge in [-0.05, 0) is 53.6 Å². The first-order valence-corrected chi connectivity index (χ1v) is 8.13. The molecule has 0 fully saturated rings. The van der Waals surface area contributed by atoms with Crippen LogP contribution in [0.25, 0.3) is 0 Å². The lowest BCUT2D eigenvalue weighted by Crippen LogP contribution is -2.29. The smallest absolute Gasteiger partial charge is 0.119 e. The number of hydrogen-bond donors (Lipinski definition) is 1. The summed E-state index contributed by atoms with van der Waals surface area (Å²) in [5.74, 6) is 1.95. The van der Waals surface area contributed by atoms with Gasteiger partial charge < -0.3 is 10.1 Å². The summed E-state index contributed by atoms with van der Waals surface area (Å²) in [6.45, 7) is 6.85. The highest BCUT2D eigenvalue weighted by molar-refractivity contribution is 5.72. The summed E-state index contributed by atoms with van der Waals surface area (Å²) in [5.41, 5.74) is 7.04. The summed E-state index contributed by atoms with van der Waals surface area (Å²) < 4.78 is 5.56. The number of ether oxygens (including phenoxy) is 1. The Labute approximate surface area is 132 Å². The Morgan fingerprint density at radius 1 is 1.23 bits per heavy atom. The summed E-state index contributed by atoms with van der Waals surface area (Å²) in [4.78, 5) is 0. The fraction of sp³-hybridized carbons (Fsp3) is 0.400. The summed E-state index contributed by atoms with van der Waals surface area (Å²) in [6, 6.07) is 13.3. The average molecular weight is 293 g/mol. The topological polar surface area (TPSA) is 21.3 Å². The minimum Gasteiger partial charge on any atom is -0.497 e. The predicted molar refractivity (Wildman–Crippen MR) is 90.9 cm³/mol. The SMILES string of the molecule is COc1cc(C(C)C)c2c(c1)[C@@H]1Cc3ccccc3[C@]1(C)N2. The second-order valence-electron chi connectivity index (χ2n) is 7.08. The van der Waals surface area contributed by atoms with E-state index in [1.807, 2.05) is 0 Å². The molecule has 0 radical (unpaired) electrons. The quantitative estimate of drug-likeness (QED) is 0.858. The van der Waals surface area contributed by atoms with Crippen molar-refractivity contribution in [2.75, 3.05) is 12.4 Å². The van der Waals surface area contributed by atoms with Crippen molar-refractivity contribution in [3.05, 3.63) is 58.7 Å². The minimum atomic E-state index is 0.00886. The standard InChI is InChI=1S/C20H23NO/c1-12(2)15-10-14(22-4)11-16-18-9-13-7-5-6-8-17(13)20(18,3)21-19(15)16/h5-8,10-12,18,21H,9H2,1-4H3/t18-,20-/m0/s1. The second kappa shape index (κ2) is 4.52. The van der Waals surface area contributed by atoms with E-state index < -0.39 is 0 Å². The van der Waals surface area contributed by atoms with Crippen LogP contribution in [0, 0.1) is 0 Å². The van der Waals surface area contributed by atoms with E-state index in [1.165, 1.54) is 27.9 Å². The van der Waals surface area contributed by atoms with Crippen LogP contribution in [-0.4, -0.2) is 7.11 Å². The molecule has 2 aromatic carbocycles. The summed E-state index contributed by atoms with van der Waals surface area (Å²) in [7, 11) is 1.76. The number of benzene rings is 2. The maximum absolute atomic E-state index is 5.56. The molecule has 1 N–H and O–H groups in total. The Hall–Kier alpha value is -1.96. The van der Waals surface area contributed by atoms with Crippen LogP contribution in [0.3, 0.4) is 0 Å². The van der Waals surface area contributed by atoms with Crippen LogP contribution in [0.1, 0.15) is 54.9 Å². The molecule has 0 spiro atoms. The molecule has 0 saturated carbocycles. The Kier molecular flexibility index (Phi) is 2.81. The first-order chi connectivity index (χ1) is 10.5. The molecule has 2 aromatic rings. The highest BCUT2D eigenvalue weighted by atomic mass is 16.5. The van der Waals surface area contributed by atoms with Gasteiger partial charge in [-0.1, -0.05) is 38.1 Å². The first kappa shape index (κ1) is 13.7. The van der Waals surface area contributed by atoms with E-state index in [1.54, 1.807) is 7.11 Å². The highest BCUT2D eigenvalue weighted by Gasteiger charge is 2.49. The number of rotatable bonds is 2. The Bertz CT molecular complexity index is 749. The van der Waals surface area contributed by atoms with Crippen molar-refractivity contribution in [3.63, 3.8) is 0 Å². The third kappa shape index (κ3) is 1.67. The van der Waals surface area contributed by atoms with E-state index in [0.717, 1.165) is 12.2 Å². The zero-order valence-corrected chi connectivity index (χ0v) is 13.7. The van der Waals surface area contributed by atoms with Gasteiger partial charge in [0.25, 0.3) is 0 Å². The van der Waals surface area contributed by atoms with Crippen LogP contribution in [0.15, 0.2) is 36.4 Å². The minimum absolute atomic E-state index is 0.00886. The van der Waals surface area contributed by atoms with Crippen molar-refractivity contribution < 1.29 is 4.74 Å². The molecule has 0 bridgehead atoms. The highest BCUT2D eigenvalue weighted by Crippen LogP contribution is 2.57. The number of anilines is 1. The number of hydrogen-bond acceptors (Lipinski definition) is 2. The third-order valence-corrected chi connectivity index (χ3v) is 5.49. The Balaban J connectivity index is 1.90. The summed E-state index contributed by atoms with van der Waals surface area (Å²) in [5, 5.41) is 3.87. The van der Waals surface area contributed by atoms with E-state index >= 15 is 0 Å². The van der Waals surface area contributed by atoms with Crippen LogP contribution in [0.2, 0.25) is 0 Å². The lowest BCUT2D eigenvalue weighted by Gasteiger charge is -2.27. The lowest BCUT2D eigenvalue weighted by atomic mass is 9.84. The van der Waals surface area contributed by atoms with Gasteiger partial charge in [-0.2, -0.15) is 0 Å². The fourth-order valence-corrected chi connectivity index (χ4v) is 4.30. The largest absolute Gasteiger partial charge is 0.497 e. The molecular formula is C20H23NO. The molecule has 1 aliphatic heterocycles. The molecule has 1 heterocycles. The van der Waals surface area contributed by atoms with Crippen LogP contribution in [0.4, 0.5) is 5.69 Å². The van der Waals surface area contributed by atoms with E-state index in [0.29, 0.717) is 11.8 Å². The van der Waals surface area contributed by atoms with Crippen molar-refractivity contribution in [1.82, 2.24) is 0 Å². The molecule has 0 unspecified atom stereocenters. The number of nitrogens with one attached hydrogen (secondary N) is 1. The van der Waals surface area contributed by atoms with Gasteiger partial charge in [-0.3, -0.25) is 0 Å². The van der Waals surface area contributed by atoms with Gasteiger partial charge in [0.15, 0.2) is 0 Å². The average Bonchev–Trinajstić information content (AvgIpc) is 2.95. The van der Waals surface area contributed by atoms with E-state index in [4.69, 9.17) is 4.74 Å². The van der Waals surface area contributed by atoms with E-state index in [2.05, 4.69) is 62.5 Å². The normalized spacial score (nSPS) is 24.7. The van der Waals surface area contributed by atoms with Gasteiger partial charge in [0, 0.05) is 11.6 Å². The lowest BCUT2D eigenvalue weighted by molar-refractivity contribution is 0.412. The zero-order valence-electron chi connectivity index (χ0n) is 13.7. The molecule has 1 aliphatic carbocycles. The second-order valence-corrected chi connectivity index (χ2v) is 7.08. The maximum atomic E-state index is 5.56. The fourth-order valence-electron chi connectivity index (χ4n) is 4.30. The van der Waals surface area contributed by atoms with Gasteiger partial charge in [0.05, 0.1) is 12.6 Å². The molecular weight excluding hydrogens is 270 g/mol. The van der Waals surface area contributed by atoms with Crippen LogP contribution in [0.5, 0.6) is 5.75 Å². The molecule has 4 rings (SSSR count). The molecule has 2 aliphatic rings. The Morgan fingerprint density at radius 2 is 2.00 bits per heavy atom. The van der Waals surface area contributed by atoms with Crippen LogP contribution in [-0.2, 0) is 12.0 Å². The first-order valence-electron chi connectivity index (χ1n) is 8.13. The Morgan fingerprint density at radius 3 is 2.73 bits per heavy atom. The van der Waals surface area contributed by atoms with Crippen molar-refractivity contribution >= 4 is 5.69 Å². The van der Waals surface area contributed by atoms with Gasteiger partial charge in [-0.15, -0.1) is 0 Å². The molecule has 2 heteroatoms. The monoisotopic (exact) mass is 293 g/mol. The predicted octanol–water partition coefficient (Wildman–Crippen LogP) is 4.80. The molecule has 114 valence electrons. The number of methoxy groups -OCH3 is 1. The van der Waals surface area contributed by atoms with Crippen molar-refractivity contribution in [2.24, 2.45) is 0 Å². The van der Waals surface area contributed by atoms with Crippen molar-refractivity contribution in [1.29, 1.82) is 0 Å². The molecule has 0 aromatic heterocycles. The summed E-state index contributed by atoms with van der Waals surface area (Å²) in [6.07, 6.45) is 1.11. The van der Waals surface area contributed by atoms with Gasteiger partial charge in [-0.25, -0.2) is 0 Å². The van der Waals surface area contributed by atoms with Crippen LogP contribution < -0.4 is 10.1 Å². The zero-order chi connectivity index (χ0) is 15.5. The van der Waals surface area contributed by atoms with Gasteiger partial charge in [0.1, 0.15) is 5.75 Å². The molecule has 0 amide bonds. The molecule has 2 atom stereocenters. The third-order valence-electron chi connectivity index (χ3n) is 5.49. The van der Waals surface area contributed by atoms with Crippen molar-refractivity contribution in [2.45, 2.75) is 44.6 Å². The summed E-state index contributed by atoms with van der Waals surface area (Å²) >= 11 is 0. The number of fused-ring (bicyclic) bond motifs is 5.